The van der Waals surface area contributed by atoms with Crippen LogP contribution in [0.4, 0.5) is 0 Å². The SMILES string of the molecule is CC(=O)CC(=O)CC(C)=NN1[Si](C)(C)CCC[Si]1(C)C. The molecule has 114 valence electrons. The van der Waals surface area contributed by atoms with Gasteiger partial charge in [0.25, 0.3) is 0 Å². The number of hydrogen-bond donors (Lipinski definition) is 0. The minimum Gasteiger partial charge on any atom is -0.349 e. The monoisotopic (exact) mass is 312 g/mol. The molecule has 0 amide bonds. The molecule has 0 unspecified atom stereocenters. The van der Waals surface area contributed by atoms with Gasteiger partial charge in [-0.2, -0.15) is 0 Å². The molecule has 0 aromatic rings. The predicted molar refractivity (Wildman–Crippen MR) is 89.1 cm³/mol. The second-order valence-electron chi connectivity index (χ2n) is 7.22. The molecular formula is C14H28N2O2Si2. The van der Waals surface area contributed by atoms with Crippen LogP contribution in [0.25, 0.3) is 0 Å². The van der Waals surface area contributed by atoms with E-state index in [1.165, 1.54) is 25.4 Å². The van der Waals surface area contributed by atoms with Crippen molar-refractivity contribution < 1.29 is 9.59 Å². The van der Waals surface area contributed by atoms with E-state index in [4.69, 9.17) is 5.10 Å². The van der Waals surface area contributed by atoms with Crippen LogP contribution < -0.4 is 0 Å². The summed E-state index contributed by atoms with van der Waals surface area (Å²) in [7, 11) is -2.94. The smallest absolute Gasteiger partial charge is 0.161 e. The molecule has 0 N–H and O–H groups in total. The molecule has 0 aromatic heterocycles. The molecule has 1 heterocycles. The van der Waals surface area contributed by atoms with Crippen LogP contribution in [-0.2, 0) is 9.59 Å². The van der Waals surface area contributed by atoms with Crippen LogP contribution in [-0.4, -0.2) is 38.1 Å². The fraction of sp³-hybridized carbons (Fsp3) is 0.786. The van der Waals surface area contributed by atoms with Gasteiger partial charge in [-0.15, -0.1) is 0 Å². The molecule has 1 fully saturated rings. The lowest BCUT2D eigenvalue weighted by molar-refractivity contribution is -0.125. The number of Topliss-reactive ketones (excluding diaryl/α,β-unsaturated/α-hetero) is 2. The molecule has 0 saturated carbocycles. The zero-order valence-corrected chi connectivity index (χ0v) is 15.7. The van der Waals surface area contributed by atoms with Crippen molar-refractivity contribution in [1.82, 2.24) is 4.34 Å². The van der Waals surface area contributed by atoms with E-state index >= 15 is 0 Å². The maximum absolute atomic E-state index is 11.7. The first-order chi connectivity index (χ1) is 9.04. The first kappa shape index (κ1) is 17.3. The Kier molecular flexibility index (Phi) is 5.49. The number of rotatable bonds is 5. The summed E-state index contributed by atoms with van der Waals surface area (Å²) in [5, 5.41) is 4.83. The van der Waals surface area contributed by atoms with E-state index in [-0.39, 0.29) is 18.0 Å². The van der Waals surface area contributed by atoms with Gasteiger partial charge in [-0.05, 0) is 25.9 Å². The Labute approximate surface area is 124 Å². The minimum atomic E-state index is -1.47. The quantitative estimate of drug-likeness (QED) is 0.444. The van der Waals surface area contributed by atoms with Crippen molar-refractivity contribution in [2.24, 2.45) is 5.10 Å². The number of carbonyl (C=O) groups is 2. The van der Waals surface area contributed by atoms with E-state index in [0.29, 0.717) is 6.42 Å². The van der Waals surface area contributed by atoms with Crippen LogP contribution >= 0.6 is 0 Å². The Morgan fingerprint density at radius 3 is 1.95 bits per heavy atom. The molecular weight excluding hydrogens is 284 g/mol. The number of hydrogen-bond acceptors (Lipinski definition) is 4. The van der Waals surface area contributed by atoms with Gasteiger partial charge in [-0.25, -0.2) is 5.10 Å². The third-order valence-electron chi connectivity index (χ3n) is 3.89. The van der Waals surface area contributed by atoms with Crippen molar-refractivity contribution in [3.8, 4) is 0 Å². The van der Waals surface area contributed by atoms with Crippen LogP contribution in [0, 0.1) is 0 Å². The highest BCUT2D eigenvalue weighted by atomic mass is 28.4. The molecule has 1 aliphatic heterocycles. The van der Waals surface area contributed by atoms with Gasteiger partial charge in [0, 0.05) is 12.1 Å². The molecule has 6 heteroatoms. The Hall–Kier alpha value is -0.756. The molecule has 0 atom stereocenters. The number of carbonyl (C=O) groups excluding carboxylic acids is 2. The third-order valence-corrected chi connectivity index (χ3v) is 13.2. The highest BCUT2D eigenvalue weighted by molar-refractivity contribution is 6.91. The lowest BCUT2D eigenvalue weighted by atomic mass is 10.1. The van der Waals surface area contributed by atoms with Crippen molar-refractivity contribution in [2.45, 2.75) is 71.4 Å². The summed E-state index contributed by atoms with van der Waals surface area (Å²) < 4.78 is 2.43. The van der Waals surface area contributed by atoms with Gasteiger partial charge in [0.05, 0.1) is 6.42 Å². The van der Waals surface area contributed by atoms with Crippen LogP contribution in [0.2, 0.25) is 38.3 Å². The zero-order valence-electron chi connectivity index (χ0n) is 13.7. The first-order valence-electron chi connectivity index (χ1n) is 7.40. The largest absolute Gasteiger partial charge is 0.349 e. The number of hydrazone groups is 1. The lowest BCUT2D eigenvalue weighted by Gasteiger charge is -2.49. The summed E-state index contributed by atoms with van der Waals surface area (Å²) >= 11 is 0. The maximum Gasteiger partial charge on any atom is 0.161 e. The summed E-state index contributed by atoms with van der Waals surface area (Å²) in [4.78, 5) is 22.7. The van der Waals surface area contributed by atoms with Gasteiger partial charge in [-0.3, -0.25) is 9.59 Å². The summed E-state index contributed by atoms with van der Waals surface area (Å²) in [6, 6.07) is 2.56. The van der Waals surface area contributed by atoms with Crippen molar-refractivity contribution in [1.29, 1.82) is 0 Å². The molecule has 1 aliphatic rings. The average molecular weight is 313 g/mol. The van der Waals surface area contributed by atoms with Crippen LogP contribution in [0.5, 0.6) is 0 Å². The van der Waals surface area contributed by atoms with Gasteiger partial charge < -0.3 is 4.34 Å². The fourth-order valence-electron chi connectivity index (χ4n) is 3.09. The van der Waals surface area contributed by atoms with Gasteiger partial charge in [0.2, 0.25) is 0 Å². The van der Waals surface area contributed by atoms with Gasteiger partial charge >= 0.3 is 0 Å². The molecule has 1 saturated heterocycles. The molecule has 0 radical (unpaired) electrons. The van der Waals surface area contributed by atoms with Gasteiger partial charge in [0.1, 0.15) is 11.6 Å². The second-order valence-corrected chi connectivity index (χ2v) is 16.8. The van der Waals surface area contributed by atoms with E-state index < -0.39 is 16.5 Å². The van der Waals surface area contributed by atoms with Crippen LogP contribution in [0.1, 0.15) is 33.1 Å². The average Bonchev–Trinajstić information content (AvgIpc) is 2.21. The van der Waals surface area contributed by atoms with Crippen molar-refractivity contribution >= 4 is 33.7 Å². The maximum atomic E-state index is 11.7. The third kappa shape index (κ3) is 4.66. The highest BCUT2D eigenvalue weighted by Crippen LogP contribution is 2.35. The van der Waals surface area contributed by atoms with Crippen molar-refractivity contribution in [2.75, 3.05) is 0 Å². The van der Waals surface area contributed by atoms with E-state index in [1.54, 1.807) is 0 Å². The number of nitrogens with zero attached hydrogens (tertiary/aromatic N) is 2. The molecule has 0 bridgehead atoms. The Bertz CT molecular complexity index is 415. The summed E-state index contributed by atoms with van der Waals surface area (Å²) in [5.74, 6) is -0.0834. The zero-order chi connectivity index (χ0) is 15.6. The Morgan fingerprint density at radius 1 is 1.00 bits per heavy atom. The van der Waals surface area contributed by atoms with Crippen molar-refractivity contribution in [3.05, 3.63) is 0 Å². The lowest BCUT2D eigenvalue weighted by Crippen LogP contribution is -2.62. The van der Waals surface area contributed by atoms with E-state index in [9.17, 15) is 9.59 Å². The minimum absolute atomic E-state index is 0.0188. The number of ketones is 2. The molecule has 1 rings (SSSR count). The predicted octanol–water partition coefficient (Wildman–Crippen LogP) is 3.42. The van der Waals surface area contributed by atoms with E-state index in [0.717, 1.165) is 5.71 Å². The first-order valence-corrected chi connectivity index (χ1v) is 13.7. The molecule has 0 spiro atoms. The molecule has 20 heavy (non-hydrogen) atoms. The van der Waals surface area contributed by atoms with Gasteiger partial charge in [0.15, 0.2) is 16.5 Å². The summed E-state index contributed by atoms with van der Waals surface area (Å²) in [6.07, 6.45) is 1.67. The van der Waals surface area contributed by atoms with E-state index in [2.05, 4.69) is 30.5 Å². The van der Waals surface area contributed by atoms with Crippen LogP contribution in [0.15, 0.2) is 5.10 Å². The second kappa shape index (κ2) is 6.34. The molecule has 0 aliphatic carbocycles. The summed E-state index contributed by atoms with van der Waals surface area (Å²) in [6.45, 7) is 12.9. The van der Waals surface area contributed by atoms with Crippen molar-refractivity contribution in [3.63, 3.8) is 0 Å². The normalized spacial score (nSPS) is 21.7. The van der Waals surface area contributed by atoms with Crippen LogP contribution in [0.3, 0.4) is 0 Å². The fourth-order valence-corrected chi connectivity index (χ4v) is 14.1. The van der Waals surface area contributed by atoms with E-state index in [1.807, 2.05) is 6.92 Å². The molecule has 4 nitrogen and oxygen atoms in total. The summed E-state index contributed by atoms with van der Waals surface area (Å²) in [5.41, 5.74) is 0.860. The highest BCUT2D eigenvalue weighted by Gasteiger charge is 2.43. The Morgan fingerprint density at radius 2 is 1.50 bits per heavy atom. The van der Waals surface area contributed by atoms with Gasteiger partial charge in [-0.1, -0.05) is 32.6 Å². The topological polar surface area (TPSA) is 49.7 Å². The molecule has 0 aromatic carbocycles. The Balaban J connectivity index is 2.83. The standard InChI is InChI=1S/C14H28N2O2Si2/c1-12(10-14(18)11-13(2)17)15-16-19(3,4)8-7-9-20(16,5)6/h7-11H2,1-6H3.